The molecule has 1 aliphatic rings. The fourth-order valence-electron chi connectivity index (χ4n) is 3.19. The van der Waals surface area contributed by atoms with Crippen molar-refractivity contribution in [2.45, 2.75) is 50.8 Å². The summed E-state index contributed by atoms with van der Waals surface area (Å²) in [5.41, 5.74) is 0.527. The number of hydrogen-bond acceptors (Lipinski definition) is 1. The second kappa shape index (κ2) is 5.22. The lowest BCUT2D eigenvalue weighted by Gasteiger charge is -2.35. The molecule has 16 heavy (non-hydrogen) atoms. The molecular weight excluding hydrogens is 280 g/mol. The summed E-state index contributed by atoms with van der Waals surface area (Å²) in [5.74, 6) is 0.804. The molecule has 90 valence electrons. The topological polar surface area (TPSA) is 0 Å². The zero-order valence-electron chi connectivity index (χ0n) is 10.2. The summed E-state index contributed by atoms with van der Waals surface area (Å²) in [6, 6.07) is 4.46. The number of rotatable bonds is 4. The van der Waals surface area contributed by atoms with Gasteiger partial charge in [-0.1, -0.05) is 48.7 Å². The van der Waals surface area contributed by atoms with E-state index in [1.807, 2.05) is 11.3 Å². The monoisotopic (exact) mass is 300 g/mol. The fourth-order valence-corrected chi connectivity index (χ4v) is 5.15. The lowest BCUT2D eigenvalue weighted by atomic mass is 9.75. The number of hydrogen-bond donors (Lipinski definition) is 0. The van der Waals surface area contributed by atoms with Crippen molar-refractivity contribution < 1.29 is 0 Å². The summed E-state index contributed by atoms with van der Waals surface area (Å²) in [5, 5.41) is 2.20. The van der Waals surface area contributed by atoms with Crippen molar-refractivity contribution in [1.82, 2.24) is 0 Å². The van der Waals surface area contributed by atoms with Crippen molar-refractivity contribution in [3.63, 3.8) is 0 Å². The maximum atomic E-state index is 3.99. The van der Waals surface area contributed by atoms with Gasteiger partial charge < -0.3 is 0 Å². The molecule has 0 spiro atoms. The van der Waals surface area contributed by atoms with Gasteiger partial charge in [0.05, 0.1) is 4.83 Å². The molecule has 0 amide bonds. The second-order valence-electron chi connectivity index (χ2n) is 5.55. The molecule has 2 rings (SSSR count). The van der Waals surface area contributed by atoms with Crippen molar-refractivity contribution in [2.24, 2.45) is 11.3 Å². The highest BCUT2D eigenvalue weighted by Gasteiger charge is 2.41. The van der Waals surface area contributed by atoms with E-state index in [1.165, 1.54) is 37.0 Å². The van der Waals surface area contributed by atoms with E-state index < -0.39 is 0 Å². The van der Waals surface area contributed by atoms with E-state index >= 15 is 0 Å². The molecule has 0 radical (unpaired) electrons. The van der Waals surface area contributed by atoms with Gasteiger partial charge in [-0.25, -0.2) is 0 Å². The molecule has 1 aliphatic carbocycles. The van der Waals surface area contributed by atoms with Crippen LogP contribution in [0.2, 0.25) is 0 Å². The van der Waals surface area contributed by atoms with Gasteiger partial charge >= 0.3 is 0 Å². The summed E-state index contributed by atoms with van der Waals surface area (Å²) >= 11 is 5.88. The SMILES string of the molecule is CC(C)CC1(C(Br)c2cccs2)CCCC1. The number of alkyl halides is 1. The van der Waals surface area contributed by atoms with Crippen molar-refractivity contribution in [3.8, 4) is 0 Å². The van der Waals surface area contributed by atoms with Gasteiger partial charge in [-0.15, -0.1) is 11.3 Å². The molecule has 1 heterocycles. The van der Waals surface area contributed by atoms with E-state index in [0.29, 0.717) is 10.2 Å². The van der Waals surface area contributed by atoms with E-state index in [-0.39, 0.29) is 0 Å². The molecule has 1 aromatic heterocycles. The molecule has 2 heteroatoms. The molecule has 1 saturated carbocycles. The molecule has 0 saturated heterocycles. The summed E-state index contributed by atoms with van der Waals surface area (Å²) in [7, 11) is 0. The normalized spacial score (nSPS) is 21.5. The van der Waals surface area contributed by atoms with Gasteiger partial charge in [-0.05, 0) is 42.0 Å². The van der Waals surface area contributed by atoms with Gasteiger partial charge in [0.2, 0.25) is 0 Å². The van der Waals surface area contributed by atoms with Crippen LogP contribution in [0.3, 0.4) is 0 Å². The quantitative estimate of drug-likeness (QED) is 0.617. The standard InChI is InChI=1S/C14H21BrS/c1-11(2)10-14(7-3-4-8-14)13(15)12-6-5-9-16-12/h5-6,9,11,13H,3-4,7-8,10H2,1-2H3. The Bertz CT molecular complexity index is 309. The predicted molar refractivity (Wildman–Crippen MR) is 76.3 cm³/mol. The van der Waals surface area contributed by atoms with Gasteiger partial charge in [0, 0.05) is 4.88 Å². The van der Waals surface area contributed by atoms with Crippen LogP contribution >= 0.6 is 27.3 Å². The molecule has 0 aromatic carbocycles. The van der Waals surface area contributed by atoms with Gasteiger partial charge in [0.15, 0.2) is 0 Å². The van der Waals surface area contributed by atoms with Crippen LogP contribution in [0.5, 0.6) is 0 Å². The average Bonchev–Trinajstić information content (AvgIpc) is 2.85. The number of thiophene rings is 1. The first-order valence-electron chi connectivity index (χ1n) is 6.31. The minimum atomic E-state index is 0.527. The Labute approximate surface area is 112 Å². The minimum Gasteiger partial charge on any atom is -0.148 e. The first-order valence-corrected chi connectivity index (χ1v) is 8.11. The van der Waals surface area contributed by atoms with Gasteiger partial charge in [0.1, 0.15) is 0 Å². The summed E-state index contributed by atoms with van der Waals surface area (Å²) < 4.78 is 0. The highest BCUT2D eigenvalue weighted by Crippen LogP contribution is 2.56. The highest BCUT2D eigenvalue weighted by atomic mass is 79.9. The zero-order valence-corrected chi connectivity index (χ0v) is 12.6. The molecule has 1 unspecified atom stereocenters. The molecule has 1 fully saturated rings. The molecule has 0 N–H and O–H groups in total. The Morgan fingerprint density at radius 1 is 1.38 bits per heavy atom. The van der Waals surface area contributed by atoms with Gasteiger partial charge in [-0.2, -0.15) is 0 Å². The Balaban J connectivity index is 2.18. The summed E-state index contributed by atoms with van der Waals surface area (Å²) in [6.07, 6.45) is 7.00. The minimum absolute atomic E-state index is 0.527. The van der Waals surface area contributed by atoms with Crippen LogP contribution in [0.4, 0.5) is 0 Å². The molecule has 0 nitrogen and oxygen atoms in total. The van der Waals surface area contributed by atoms with Crippen molar-refractivity contribution in [1.29, 1.82) is 0 Å². The molecule has 1 aromatic rings. The van der Waals surface area contributed by atoms with E-state index in [0.717, 1.165) is 5.92 Å². The third-order valence-corrected chi connectivity index (χ3v) is 6.45. The van der Waals surface area contributed by atoms with Crippen molar-refractivity contribution >= 4 is 27.3 Å². The second-order valence-corrected chi connectivity index (χ2v) is 7.44. The largest absolute Gasteiger partial charge is 0.148 e. The highest BCUT2D eigenvalue weighted by molar-refractivity contribution is 9.09. The lowest BCUT2D eigenvalue weighted by Crippen LogP contribution is -2.23. The van der Waals surface area contributed by atoms with E-state index in [4.69, 9.17) is 0 Å². The number of halogens is 1. The molecular formula is C14H21BrS. The van der Waals surface area contributed by atoms with Crippen LogP contribution in [-0.2, 0) is 0 Å². The summed E-state index contributed by atoms with van der Waals surface area (Å²) in [4.78, 5) is 2.09. The van der Waals surface area contributed by atoms with Crippen LogP contribution in [0, 0.1) is 11.3 Å². The van der Waals surface area contributed by atoms with Gasteiger partial charge in [0.25, 0.3) is 0 Å². The fraction of sp³-hybridized carbons (Fsp3) is 0.714. The molecule has 0 bridgehead atoms. The van der Waals surface area contributed by atoms with E-state index in [2.05, 4.69) is 47.3 Å². The average molecular weight is 301 g/mol. The van der Waals surface area contributed by atoms with Crippen LogP contribution in [-0.4, -0.2) is 0 Å². The first-order chi connectivity index (χ1) is 7.64. The Kier molecular flexibility index (Phi) is 4.12. The Morgan fingerprint density at radius 3 is 2.56 bits per heavy atom. The van der Waals surface area contributed by atoms with Crippen LogP contribution < -0.4 is 0 Å². The Morgan fingerprint density at radius 2 is 2.06 bits per heavy atom. The van der Waals surface area contributed by atoms with Crippen molar-refractivity contribution in [3.05, 3.63) is 22.4 Å². The van der Waals surface area contributed by atoms with Crippen LogP contribution in [0.25, 0.3) is 0 Å². The van der Waals surface area contributed by atoms with Gasteiger partial charge in [-0.3, -0.25) is 0 Å². The maximum absolute atomic E-state index is 3.99. The third-order valence-electron chi connectivity index (χ3n) is 3.74. The smallest absolute Gasteiger partial charge is 0.0545 e. The first kappa shape index (κ1) is 12.6. The van der Waals surface area contributed by atoms with Crippen molar-refractivity contribution in [2.75, 3.05) is 0 Å². The zero-order chi connectivity index (χ0) is 11.6. The molecule has 1 atom stereocenters. The van der Waals surface area contributed by atoms with E-state index in [9.17, 15) is 0 Å². The molecule has 0 aliphatic heterocycles. The maximum Gasteiger partial charge on any atom is 0.0545 e. The third kappa shape index (κ3) is 2.53. The van der Waals surface area contributed by atoms with E-state index in [1.54, 1.807) is 0 Å². The van der Waals surface area contributed by atoms with Crippen LogP contribution in [0.15, 0.2) is 17.5 Å². The van der Waals surface area contributed by atoms with Crippen LogP contribution in [0.1, 0.15) is 55.7 Å². The predicted octanol–water partition coefficient (Wildman–Crippen LogP) is 5.79. The Hall–Kier alpha value is 0.180. The summed E-state index contributed by atoms with van der Waals surface area (Å²) in [6.45, 7) is 4.71. The lowest BCUT2D eigenvalue weighted by molar-refractivity contribution is 0.232.